The van der Waals surface area contributed by atoms with Gasteiger partial charge in [0.25, 0.3) is 5.91 Å². The minimum atomic E-state index is -0.540. The Morgan fingerprint density at radius 2 is 1.68 bits per heavy atom. The number of para-hydroxylation sites is 1. The summed E-state index contributed by atoms with van der Waals surface area (Å²) in [5.74, 6) is 0.679. The summed E-state index contributed by atoms with van der Waals surface area (Å²) in [7, 11) is 0. The smallest absolute Gasteiger partial charge is 0.261 e. The lowest BCUT2D eigenvalue weighted by atomic mass is 9.96. The van der Waals surface area contributed by atoms with Gasteiger partial charge in [-0.2, -0.15) is 0 Å². The van der Waals surface area contributed by atoms with Crippen LogP contribution in [0.15, 0.2) is 36.4 Å². The van der Waals surface area contributed by atoms with Crippen molar-refractivity contribution in [3.8, 4) is 5.75 Å². The van der Waals surface area contributed by atoms with Crippen LogP contribution in [0.2, 0.25) is 0 Å². The van der Waals surface area contributed by atoms with E-state index in [4.69, 9.17) is 4.74 Å². The average Bonchev–Trinajstić information content (AvgIpc) is 2.58. The number of hydrogen-bond acceptors (Lipinski definition) is 2. The minimum Gasteiger partial charge on any atom is -0.481 e. The predicted octanol–water partition coefficient (Wildman–Crippen LogP) is 4.82. The molecule has 0 radical (unpaired) electrons. The molecule has 0 unspecified atom stereocenters. The van der Waals surface area contributed by atoms with Crippen molar-refractivity contribution in [3.05, 3.63) is 64.2 Å². The largest absolute Gasteiger partial charge is 0.481 e. The first-order chi connectivity index (χ1) is 11.8. The third-order valence-corrected chi connectivity index (χ3v) is 4.73. The zero-order chi connectivity index (χ0) is 18.6. The van der Waals surface area contributed by atoms with E-state index in [-0.39, 0.29) is 11.9 Å². The van der Waals surface area contributed by atoms with E-state index in [0.717, 1.165) is 23.3 Å². The van der Waals surface area contributed by atoms with Crippen molar-refractivity contribution < 1.29 is 9.53 Å². The van der Waals surface area contributed by atoms with E-state index in [1.807, 2.05) is 31.2 Å². The monoisotopic (exact) mass is 339 g/mol. The van der Waals surface area contributed by atoms with Crippen LogP contribution in [0.4, 0.5) is 0 Å². The van der Waals surface area contributed by atoms with Crippen molar-refractivity contribution in [3.63, 3.8) is 0 Å². The molecule has 0 aliphatic rings. The molecular weight excluding hydrogens is 310 g/mol. The lowest BCUT2D eigenvalue weighted by molar-refractivity contribution is -0.127. The Kier molecular flexibility index (Phi) is 6.24. The number of amides is 1. The Morgan fingerprint density at radius 3 is 2.36 bits per heavy atom. The number of benzene rings is 2. The Labute approximate surface area is 151 Å². The van der Waals surface area contributed by atoms with Crippen molar-refractivity contribution >= 4 is 5.91 Å². The third kappa shape index (κ3) is 4.62. The third-order valence-electron chi connectivity index (χ3n) is 4.73. The van der Waals surface area contributed by atoms with Gasteiger partial charge in [0.05, 0.1) is 6.04 Å². The van der Waals surface area contributed by atoms with Crippen LogP contribution in [-0.2, 0) is 11.2 Å². The van der Waals surface area contributed by atoms with E-state index in [9.17, 15) is 4.79 Å². The molecule has 1 N–H and O–H groups in total. The van der Waals surface area contributed by atoms with Gasteiger partial charge in [0.2, 0.25) is 0 Å². The average molecular weight is 339 g/mol. The van der Waals surface area contributed by atoms with Crippen molar-refractivity contribution in [2.75, 3.05) is 0 Å². The van der Waals surface area contributed by atoms with Crippen LogP contribution in [0.5, 0.6) is 5.75 Å². The van der Waals surface area contributed by atoms with Crippen LogP contribution in [0.3, 0.4) is 0 Å². The van der Waals surface area contributed by atoms with Gasteiger partial charge in [-0.05, 0) is 74.9 Å². The zero-order valence-corrected chi connectivity index (χ0v) is 16.1. The molecule has 0 aromatic heterocycles. The van der Waals surface area contributed by atoms with Crippen molar-refractivity contribution in [2.24, 2.45) is 0 Å². The molecule has 0 saturated carbocycles. The molecule has 2 aromatic rings. The summed E-state index contributed by atoms with van der Waals surface area (Å²) in [6, 6.07) is 12.1. The van der Waals surface area contributed by atoms with Crippen LogP contribution in [0, 0.1) is 20.8 Å². The zero-order valence-electron chi connectivity index (χ0n) is 16.1. The summed E-state index contributed by atoms with van der Waals surface area (Å²) >= 11 is 0. The molecule has 0 bridgehead atoms. The van der Waals surface area contributed by atoms with Crippen LogP contribution >= 0.6 is 0 Å². The van der Waals surface area contributed by atoms with Gasteiger partial charge in [0, 0.05) is 0 Å². The van der Waals surface area contributed by atoms with Gasteiger partial charge in [-0.3, -0.25) is 4.79 Å². The Morgan fingerprint density at radius 1 is 1.04 bits per heavy atom. The molecule has 0 aliphatic heterocycles. The van der Waals surface area contributed by atoms with Crippen molar-refractivity contribution in [2.45, 2.75) is 60.1 Å². The fourth-order valence-electron chi connectivity index (χ4n) is 3.01. The van der Waals surface area contributed by atoms with Gasteiger partial charge in [-0.15, -0.1) is 0 Å². The van der Waals surface area contributed by atoms with Gasteiger partial charge in [0.15, 0.2) is 6.10 Å². The molecule has 0 spiro atoms. The van der Waals surface area contributed by atoms with Crippen LogP contribution < -0.4 is 10.1 Å². The summed E-state index contributed by atoms with van der Waals surface area (Å²) in [6.45, 7) is 12.2. The van der Waals surface area contributed by atoms with Crippen molar-refractivity contribution in [1.29, 1.82) is 0 Å². The highest BCUT2D eigenvalue weighted by Crippen LogP contribution is 2.23. The Hall–Kier alpha value is -2.29. The molecule has 2 atom stereocenters. The van der Waals surface area contributed by atoms with E-state index in [0.29, 0.717) is 0 Å². The molecule has 0 fully saturated rings. The summed E-state index contributed by atoms with van der Waals surface area (Å²) in [5.41, 5.74) is 5.97. The van der Waals surface area contributed by atoms with Gasteiger partial charge in [-0.25, -0.2) is 0 Å². The predicted molar refractivity (Wildman–Crippen MR) is 103 cm³/mol. The lowest BCUT2D eigenvalue weighted by Crippen LogP contribution is -2.38. The number of rotatable bonds is 6. The van der Waals surface area contributed by atoms with Crippen LogP contribution in [0.1, 0.15) is 54.6 Å². The quantitative estimate of drug-likeness (QED) is 0.819. The molecule has 0 aliphatic carbocycles. The molecule has 25 heavy (non-hydrogen) atoms. The van der Waals surface area contributed by atoms with Crippen LogP contribution in [0.25, 0.3) is 0 Å². The maximum absolute atomic E-state index is 12.6. The molecule has 2 aromatic carbocycles. The van der Waals surface area contributed by atoms with Gasteiger partial charge in [0.1, 0.15) is 5.75 Å². The molecule has 3 heteroatoms. The Bertz CT molecular complexity index is 752. The maximum atomic E-state index is 12.6. The first kappa shape index (κ1) is 19.0. The summed E-state index contributed by atoms with van der Waals surface area (Å²) in [4.78, 5) is 12.6. The second-order valence-electron chi connectivity index (χ2n) is 6.74. The van der Waals surface area contributed by atoms with E-state index < -0.39 is 6.10 Å². The molecule has 3 nitrogen and oxygen atoms in total. The highest BCUT2D eigenvalue weighted by atomic mass is 16.5. The molecule has 1 amide bonds. The second kappa shape index (κ2) is 8.19. The van der Waals surface area contributed by atoms with E-state index in [1.54, 1.807) is 6.92 Å². The van der Waals surface area contributed by atoms with Gasteiger partial charge in [-0.1, -0.05) is 37.3 Å². The number of carbonyl (C=O) groups excluding carboxylic acids is 1. The minimum absolute atomic E-state index is 0.0562. The lowest BCUT2D eigenvalue weighted by Gasteiger charge is -2.22. The summed E-state index contributed by atoms with van der Waals surface area (Å²) in [5, 5.41) is 3.08. The summed E-state index contributed by atoms with van der Waals surface area (Å²) in [6.07, 6.45) is 0.338. The van der Waals surface area contributed by atoms with Gasteiger partial charge < -0.3 is 10.1 Å². The highest BCUT2D eigenvalue weighted by Gasteiger charge is 2.19. The molecule has 0 saturated heterocycles. The van der Waals surface area contributed by atoms with Crippen molar-refractivity contribution in [1.82, 2.24) is 5.32 Å². The van der Waals surface area contributed by atoms with E-state index in [1.165, 1.54) is 16.7 Å². The first-order valence-corrected chi connectivity index (χ1v) is 8.96. The topological polar surface area (TPSA) is 38.3 Å². The number of carbonyl (C=O) groups is 1. The van der Waals surface area contributed by atoms with Crippen LogP contribution in [-0.4, -0.2) is 12.0 Å². The normalized spacial score (nSPS) is 13.2. The highest BCUT2D eigenvalue weighted by molar-refractivity contribution is 5.81. The van der Waals surface area contributed by atoms with E-state index in [2.05, 4.69) is 45.1 Å². The SMILES string of the molecule is CCc1ccccc1O[C@H](C)C(=O)N[C@H](C)c1cc(C)c(C)cc1C. The fraction of sp³-hybridized carbons (Fsp3) is 0.409. The molecule has 134 valence electrons. The van der Waals surface area contributed by atoms with E-state index >= 15 is 0 Å². The number of ether oxygens (including phenoxy) is 1. The maximum Gasteiger partial charge on any atom is 0.261 e. The summed E-state index contributed by atoms with van der Waals surface area (Å²) < 4.78 is 5.90. The number of nitrogens with one attached hydrogen (secondary N) is 1. The second-order valence-corrected chi connectivity index (χ2v) is 6.74. The standard InChI is InChI=1S/C22H29NO2/c1-7-19-10-8-9-11-21(19)25-18(6)22(24)23-17(5)20-13-15(3)14(2)12-16(20)4/h8-13,17-18H,7H2,1-6H3,(H,23,24)/t17-,18-/m1/s1. The molecular formula is C22H29NO2. The fourth-order valence-corrected chi connectivity index (χ4v) is 3.01. The Balaban J connectivity index is 2.07. The van der Waals surface area contributed by atoms with Gasteiger partial charge >= 0.3 is 0 Å². The molecule has 0 heterocycles. The number of aryl methyl sites for hydroxylation is 4. The molecule has 2 rings (SSSR count). The number of hydrogen-bond donors (Lipinski definition) is 1. The first-order valence-electron chi connectivity index (χ1n) is 8.96.